The molecule has 2 unspecified atom stereocenters. The van der Waals surface area contributed by atoms with Crippen LogP contribution in [0.4, 0.5) is 4.79 Å². The molecule has 1 aromatic rings. The van der Waals surface area contributed by atoms with Crippen LogP contribution in [0.2, 0.25) is 0 Å². The summed E-state index contributed by atoms with van der Waals surface area (Å²) < 4.78 is 4.85. The molecule has 0 saturated carbocycles. The van der Waals surface area contributed by atoms with Crippen LogP contribution in [-0.4, -0.2) is 36.8 Å². The molecule has 0 heterocycles. The molecule has 6 heteroatoms. The summed E-state index contributed by atoms with van der Waals surface area (Å²) in [5, 5.41) is 14.9. The number of nitrogens with one attached hydrogen (secondary N) is 2. The van der Waals surface area contributed by atoms with Crippen LogP contribution in [0, 0.1) is 0 Å². The Balaban J connectivity index is 2.89. The molecule has 1 rings (SSSR count). The summed E-state index contributed by atoms with van der Waals surface area (Å²) in [7, 11) is 1.42. The highest BCUT2D eigenvalue weighted by Gasteiger charge is 2.30. The molecular weight excluding hydrogens is 248 g/mol. The van der Waals surface area contributed by atoms with Gasteiger partial charge in [0.1, 0.15) is 6.10 Å². The van der Waals surface area contributed by atoms with Crippen molar-refractivity contribution in [3.8, 4) is 0 Å². The first kappa shape index (κ1) is 15.0. The smallest absolute Gasteiger partial charge is 0.331 e. The van der Waals surface area contributed by atoms with Crippen molar-refractivity contribution in [2.75, 3.05) is 13.7 Å². The zero-order valence-corrected chi connectivity index (χ0v) is 10.9. The van der Waals surface area contributed by atoms with Crippen LogP contribution in [-0.2, 0) is 9.53 Å². The lowest BCUT2D eigenvalue weighted by Gasteiger charge is -2.22. The highest BCUT2D eigenvalue weighted by molar-refractivity contribution is 5.84. The Morgan fingerprint density at radius 2 is 1.95 bits per heavy atom. The van der Waals surface area contributed by atoms with Gasteiger partial charge in [-0.15, -0.1) is 0 Å². The topological polar surface area (TPSA) is 87.7 Å². The molecule has 2 atom stereocenters. The lowest BCUT2D eigenvalue weighted by atomic mass is 10.0. The van der Waals surface area contributed by atoms with Crippen LogP contribution in [0.3, 0.4) is 0 Å². The fraction of sp³-hybridized carbons (Fsp3) is 0.385. The van der Waals surface area contributed by atoms with Gasteiger partial charge in [0, 0.05) is 7.05 Å². The number of aliphatic hydroxyl groups excluding tert-OH is 1. The number of carbonyl (C=O) groups is 2. The summed E-state index contributed by atoms with van der Waals surface area (Å²) in [6.45, 7) is 1.83. The van der Waals surface area contributed by atoms with Gasteiger partial charge < -0.3 is 20.5 Å². The lowest BCUT2D eigenvalue weighted by Crippen LogP contribution is -2.49. The summed E-state index contributed by atoms with van der Waals surface area (Å²) >= 11 is 0. The highest BCUT2D eigenvalue weighted by atomic mass is 16.5. The molecule has 0 aliphatic rings. The molecule has 0 bridgehead atoms. The molecule has 2 amide bonds. The number of benzene rings is 1. The van der Waals surface area contributed by atoms with E-state index in [1.165, 1.54) is 7.05 Å². The molecular formula is C13H18N2O4. The maximum absolute atomic E-state index is 11.8. The number of urea groups is 1. The fourth-order valence-electron chi connectivity index (χ4n) is 1.55. The van der Waals surface area contributed by atoms with Gasteiger partial charge in [-0.1, -0.05) is 30.3 Å². The van der Waals surface area contributed by atoms with E-state index in [4.69, 9.17) is 4.74 Å². The molecule has 3 N–H and O–H groups in total. The zero-order chi connectivity index (χ0) is 14.3. The fourth-order valence-corrected chi connectivity index (χ4v) is 1.55. The van der Waals surface area contributed by atoms with Gasteiger partial charge in [0.2, 0.25) is 0 Å². The Morgan fingerprint density at radius 3 is 2.47 bits per heavy atom. The average molecular weight is 266 g/mol. The predicted octanol–water partition coefficient (Wildman–Crippen LogP) is 0.581. The third-order valence-electron chi connectivity index (χ3n) is 2.51. The number of carbonyl (C=O) groups excluding carboxylic acids is 2. The predicted molar refractivity (Wildman–Crippen MR) is 69.4 cm³/mol. The van der Waals surface area contributed by atoms with Crippen molar-refractivity contribution in [3.63, 3.8) is 0 Å². The molecule has 19 heavy (non-hydrogen) atoms. The van der Waals surface area contributed by atoms with Gasteiger partial charge in [-0.3, -0.25) is 0 Å². The Morgan fingerprint density at radius 1 is 1.32 bits per heavy atom. The van der Waals surface area contributed by atoms with E-state index in [2.05, 4.69) is 10.6 Å². The zero-order valence-electron chi connectivity index (χ0n) is 10.9. The number of hydrogen-bond donors (Lipinski definition) is 3. The van der Waals surface area contributed by atoms with Gasteiger partial charge in [0.05, 0.1) is 6.61 Å². The number of esters is 1. The van der Waals surface area contributed by atoms with Crippen LogP contribution in [0.5, 0.6) is 0 Å². The number of ether oxygens (including phenoxy) is 1. The summed E-state index contributed by atoms with van der Waals surface area (Å²) in [5.74, 6) is -0.678. The molecule has 0 aliphatic heterocycles. The van der Waals surface area contributed by atoms with E-state index in [9.17, 15) is 14.7 Å². The average Bonchev–Trinajstić information content (AvgIpc) is 2.44. The van der Waals surface area contributed by atoms with E-state index in [0.29, 0.717) is 5.56 Å². The first-order valence-electron chi connectivity index (χ1n) is 5.98. The highest BCUT2D eigenvalue weighted by Crippen LogP contribution is 2.17. The molecule has 6 nitrogen and oxygen atoms in total. The van der Waals surface area contributed by atoms with Crippen molar-refractivity contribution in [1.82, 2.24) is 10.6 Å². The standard InChI is InChI=1S/C13H18N2O4/c1-3-19-12(17)10(15-13(18)14-2)11(16)9-7-5-4-6-8-9/h4-8,10-11,16H,3H2,1-2H3,(H2,14,15,18). The summed E-state index contributed by atoms with van der Waals surface area (Å²) in [6, 6.07) is 6.89. The normalized spacial score (nSPS) is 13.2. The number of amides is 2. The van der Waals surface area contributed by atoms with Crippen molar-refractivity contribution in [2.24, 2.45) is 0 Å². The molecule has 0 aromatic heterocycles. The van der Waals surface area contributed by atoms with Crippen molar-refractivity contribution in [3.05, 3.63) is 35.9 Å². The molecule has 104 valence electrons. The van der Waals surface area contributed by atoms with Crippen LogP contribution in [0.1, 0.15) is 18.6 Å². The lowest BCUT2D eigenvalue weighted by molar-refractivity contribution is -0.148. The number of hydrogen-bond acceptors (Lipinski definition) is 4. The second kappa shape index (κ2) is 7.38. The van der Waals surface area contributed by atoms with Crippen molar-refractivity contribution >= 4 is 12.0 Å². The first-order valence-corrected chi connectivity index (χ1v) is 5.98. The summed E-state index contributed by atoms with van der Waals surface area (Å²) in [6.07, 6.45) is -1.17. The SMILES string of the molecule is CCOC(=O)C(NC(=O)NC)C(O)c1ccccc1. The Kier molecular flexibility index (Phi) is 5.81. The van der Waals surface area contributed by atoms with Crippen molar-refractivity contribution in [2.45, 2.75) is 19.1 Å². The second-order valence-corrected chi connectivity index (χ2v) is 3.81. The van der Waals surface area contributed by atoms with Gasteiger partial charge in [-0.05, 0) is 12.5 Å². The third-order valence-corrected chi connectivity index (χ3v) is 2.51. The van der Waals surface area contributed by atoms with Gasteiger partial charge in [0.15, 0.2) is 6.04 Å². The van der Waals surface area contributed by atoms with Gasteiger partial charge in [-0.25, -0.2) is 9.59 Å². The summed E-state index contributed by atoms with van der Waals surface area (Å²) in [4.78, 5) is 23.1. The second-order valence-electron chi connectivity index (χ2n) is 3.81. The van der Waals surface area contributed by atoms with E-state index in [0.717, 1.165) is 0 Å². The number of rotatable bonds is 5. The van der Waals surface area contributed by atoms with Crippen LogP contribution in [0.15, 0.2) is 30.3 Å². The van der Waals surface area contributed by atoms with Crippen LogP contribution >= 0.6 is 0 Å². The monoisotopic (exact) mass is 266 g/mol. The van der Waals surface area contributed by atoms with Crippen molar-refractivity contribution in [1.29, 1.82) is 0 Å². The molecule has 0 spiro atoms. The van der Waals surface area contributed by atoms with E-state index < -0.39 is 24.1 Å². The third kappa shape index (κ3) is 4.26. The Hall–Kier alpha value is -2.08. The first-order chi connectivity index (χ1) is 9.10. The van der Waals surface area contributed by atoms with Gasteiger partial charge in [0.25, 0.3) is 0 Å². The molecule has 0 fully saturated rings. The molecule has 0 saturated heterocycles. The summed E-state index contributed by atoms with van der Waals surface area (Å²) in [5.41, 5.74) is 0.525. The largest absolute Gasteiger partial charge is 0.464 e. The van der Waals surface area contributed by atoms with Crippen LogP contribution < -0.4 is 10.6 Å². The van der Waals surface area contributed by atoms with E-state index in [1.54, 1.807) is 37.3 Å². The maximum Gasteiger partial charge on any atom is 0.331 e. The molecule has 0 radical (unpaired) electrons. The number of aliphatic hydroxyl groups is 1. The minimum atomic E-state index is -1.17. The van der Waals surface area contributed by atoms with Gasteiger partial charge >= 0.3 is 12.0 Å². The quantitative estimate of drug-likeness (QED) is 0.680. The van der Waals surface area contributed by atoms with Gasteiger partial charge in [-0.2, -0.15) is 0 Å². The van der Waals surface area contributed by atoms with Crippen molar-refractivity contribution < 1.29 is 19.4 Å². The molecule has 0 aliphatic carbocycles. The minimum Gasteiger partial charge on any atom is -0.464 e. The van der Waals surface area contributed by atoms with Crippen LogP contribution in [0.25, 0.3) is 0 Å². The van der Waals surface area contributed by atoms with E-state index in [1.807, 2.05) is 0 Å². The molecule has 1 aromatic carbocycles. The Bertz CT molecular complexity index is 422. The van der Waals surface area contributed by atoms with E-state index in [-0.39, 0.29) is 6.61 Å². The Labute approximate surface area is 111 Å². The minimum absolute atomic E-state index is 0.173. The maximum atomic E-state index is 11.8. The van der Waals surface area contributed by atoms with E-state index >= 15 is 0 Å².